The number of rotatable bonds is 12. The van der Waals surface area contributed by atoms with Crippen LogP contribution in [0.5, 0.6) is 0 Å². The molecule has 0 aromatic rings. The van der Waals surface area contributed by atoms with Gasteiger partial charge in [0.1, 0.15) is 0 Å². The van der Waals surface area contributed by atoms with Gasteiger partial charge in [-0.2, -0.15) is 0 Å². The summed E-state index contributed by atoms with van der Waals surface area (Å²) in [6.07, 6.45) is 10.7. The van der Waals surface area contributed by atoms with E-state index in [0.29, 0.717) is 12.3 Å². The first-order valence-corrected chi connectivity index (χ1v) is 11.7. The van der Waals surface area contributed by atoms with Crippen molar-refractivity contribution >= 4 is 11.8 Å². The van der Waals surface area contributed by atoms with Crippen LogP contribution in [0.4, 0.5) is 0 Å². The quantitative estimate of drug-likeness (QED) is 0.499. The van der Waals surface area contributed by atoms with Crippen molar-refractivity contribution in [1.82, 2.24) is 20.4 Å². The smallest absolute Gasteiger partial charge is 0.223 e. The second-order valence-electron chi connectivity index (χ2n) is 8.47. The van der Waals surface area contributed by atoms with Crippen LogP contribution < -0.4 is 10.6 Å². The summed E-state index contributed by atoms with van der Waals surface area (Å²) in [7, 11) is 0. The molecule has 1 saturated heterocycles. The number of carbonyl (C=O) groups is 2. The summed E-state index contributed by atoms with van der Waals surface area (Å²) >= 11 is 0. The van der Waals surface area contributed by atoms with E-state index < -0.39 is 0 Å². The lowest BCUT2D eigenvalue weighted by Gasteiger charge is -2.34. The first-order valence-electron chi connectivity index (χ1n) is 11.7. The topological polar surface area (TPSA) is 64.7 Å². The van der Waals surface area contributed by atoms with Crippen LogP contribution in [-0.4, -0.2) is 74.0 Å². The first-order chi connectivity index (χ1) is 13.7. The molecule has 1 aliphatic carbocycles. The molecule has 0 bridgehead atoms. The van der Waals surface area contributed by atoms with E-state index in [1.807, 2.05) is 6.92 Å². The van der Waals surface area contributed by atoms with Crippen LogP contribution in [0.25, 0.3) is 0 Å². The van der Waals surface area contributed by atoms with E-state index in [-0.39, 0.29) is 11.8 Å². The number of nitrogens with one attached hydrogen (secondary N) is 2. The van der Waals surface area contributed by atoms with Gasteiger partial charge in [-0.3, -0.25) is 9.59 Å². The van der Waals surface area contributed by atoms with E-state index in [1.165, 1.54) is 19.3 Å². The minimum atomic E-state index is 0.183. The first kappa shape index (κ1) is 23.1. The molecule has 1 aliphatic heterocycles. The lowest BCUT2D eigenvalue weighted by atomic mass is 9.89. The van der Waals surface area contributed by atoms with E-state index >= 15 is 0 Å². The highest BCUT2D eigenvalue weighted by atomic mass is 16.2. The zero-order chi connectivity index (χ0) is 20.0. The van der Waals surface area contributed by atoms with E-state index in [9.17, 15) is 9.59 Å². The van der Waals surface area contributed by atoms with Crippen molar-refractivity contribution in [2.75, 3.05) is 52.4 Å². The molecule has 0 atom stereocenters. The van der Waals surface area contributed by atoms with E-state index in [1.54, 1.807) is 0 Å². The van der Waals surface area contributed by atoms with Crippen molar-refractivity contribution in [2.24, 2.45) is 5.92 Å². The summed E-state index contributed by atoms with van der Waals surface area (Å²) in [5, 5.41) is 6.14. The molecule has 1 saturated carbocycles. The Bertz CT molecular complexity index is 444. The molecule has 0 spiro atoms. The summed E-state index contributed by atoms with van der Waals surface area (Å²) in [6.45, 7) is 10.4. The van der Waals surface area contributed by atoms with Crippen molar-refractivity contribution in [1.29, 1.82) is 0 Å². The van der Waals surface area contributed by atoms with Gasteiger partial charge in [-0.05, 0) is 51.6 Å². The molecule has 1 heterocycles. The highest BCUT2D eigenvalue weighted by molar-refractivity contribution is 5.78. The molecular formula is C22H42N4O2. The maximum absolute atomic E-state index is 12.1. The number of nitrogens with zero attached hydrogens (tertiary/aromatic N) is 2. The summed E-state index contributed by atoms with van der Waals surface area (Å²) in [5.74, 6) is 0.753. The normalized spacial score (nSPS) is 19.5. The highest BCUT2D eigenvalue weighted by Gasteiger charge is 2.20. The average molecular weight is 395 g/mol. The minimum Gasteiger partial charge on any atom is -0.356 e. The molecule has 0 radical (unpaired) electrons. The third-order valence-corrected chi connectivity index (χ3v) is 6.09. The van der Waals surface area contributed by atoms with Gasteiger partial charge in [0.15, 0.2) is 0 Å². The maximum atomic E-state index is 12.1. The summed E-state index contributed by atoms with van der Waals surface area (Å²) in [5.41, 5.74) is 0. The second-order valence-corrected chi connectivity index (χ2v) is 8.47. The van der Waals surface area contributed by atoms with Crippen LogP contribution in [0.1, 0.15) is 71.1 Å². The Balaban J connectivity index is 1.42. The van der Waals surface area contributed by atoms with E-state index in [0.717, 1.165) is 90.9 Å². The molecular weight excluding hydrogens is 352 g/mol. The Morgan fingerprint density at radius 1 is 0.821 bits per heavy atom. The van der Waals surface area contributed by atoms with Gasteiger partial charge in [0.25, 0.3) is 0 Å². The van der Waals surface area contributed by atoms with Gasteiger partial charge in [0.05, 0.1) is 0 Å². The molecule has 28 heavy (non-hydrogen) atoms. The Labute approximate surface area is 171 Å². The summed E-state index contributed by atoms with van der Waals surface area (Å²) in [6, 6.07) is 0. The zero-order valence-corrected chi connectivity index (χ0v) is 18.0. The Hall–Kier alpha value is -1.14. The van der Waals surface area contributed by atoms with E-state index in [2.05, 4.69) is 20.4 Å². The third-order valence-electron chi connectivity index (χ3n) is 6.09. The van der Waals surface area contributed by atoms with E-state index in [4.69, 9.17) is 0 Å². The van der Waals surface area contributed by atoms with Crippen molar-refractivity contribution in [3.63, 3.8) is 0 Å². The number of hydrogen-bond donors (Lipinski definition) is 2. The fourth-order valence-corrected chi connectivity index (χ4v) is 4.26. The van der Waals surface area contributed by atoms with Crippen molar-refractivity contribution < 1.29 is 9.59 Å². The van der Waals surface area contributed by atoms with Crippen LogP contribution in [0.15, 0.2) is 0 Å². The number of unbranched alkanes of at least 4 members (excludes halogenated alkanes) is 1. The van der Waals surface area contributed by atoms with Crippen LogP contribution >= 0.6 is 0 Å². The van der Waals surface area contributed by atoms with Crippen molar-refractivity contribution in [3.8, 4) is 0 Å². The predicted octanol–water partition coefficient (Wildman–Crippen LogP) is 2.39. The fraction of sp³-hybridized carbons (Fsp3) is 0.909. The second kappa shape index (κ2) is 13.9. The Morgan fingerprint density at radius 3 is 2.07 bits per heavy atom. The van der Waals surface area contributed by atoms with Crippen LogP contribution in [-0.2, 0) is 9.59 Å². The zero-order valence-electron chi connectivity index (χ0n) is 18.0. The highest BCUT2D eigenvalue weighted by Crippen LogP contribution is 2.23. The monoisotopic (exact) mass is 394 g/mol. The van der Waals surface area contributed by atoms with Gasteiger partial charge in [0, 0.05) is 51.6 Å². The molecule has 0 aromatic heterocycles. The summed E-state index contributed by atoms with van der Waals surface area (Å²) in [4.78, 5) is 28.6. The van der Waals surface area contributed by atoms with Gasteiger partial charge in [-0.25, -0.2) is 0 Å². The van der Waals surface area contributed by atoms with Gasteiger partial charge < -0.3 is 20.4 Å². The molecule has 2 fully saturated rings. The number of hydrogen-bond acceptors (Lipinski definition) is 4. The molecule has 0 unspecified atom stereocenters. The predicted molar refractivity (Wildman–Crippen MR) is 114 cm³/mol. The number of piperazine rings is 1. The average Bonchev–Trinajstić information content (AvgIpc) is 2.72. The van der Waals surface area contributed by atoms with Crippen molar-refractivity contribution in [2.45, 2.75) is 71.1 Å². The molecule has 2 rings (SSSR count). The van der Waals surface area contributed by atoms with Crippen molar-refractivity contribution in [3.05, 3.63) is 0 Å². The fourth-order valence-electron chi connectivity index (χ4n) is 4.26. The number of amides is 2. The van der Waals surface area contributed by atoms with Gasteiger partial charge in [-0.15, -0.1) is 0 Å². The Morgan fingerprint density at radius 2 is 1.43 bits per heavy atom. The minimum absolute atomic E-state index is 0.183. The Kier molecular flexibility index (Phi) is 11.5. The molecule has 2 aliphatic rings. The van der Waals surface area contributed by atoms with Crippen LogP contribution in [0, 0.1) is 5.92 Å². The molecule has 0 aromatic carbocycles. The van der Waals surface area contributed by atoms with Crippen LogP contribution in [0.3, 0.4) is 0 Å². The van der Waals surface area contributed by atoms with Gasteiger partial charge >= 0.3 is 0 Å². The van der Waals surface area contributed by atoms with Gasteiger partial charge in [0.2, 0.25) is 11.8 Å². The standard InChI is InChI=1S/C22H42N4O2/c1-2-9-21(27)23-13-8-15-26-18-16-25(17-19-26)14-7-6-12-24-22(28)20-10-4-3-5-11-20/h20H,2-19H2,1H3,(H,23,27)(H,24,28). The number of carbonyl (C=O) groups excluding carboxylic acids is 2. The molecule has 162 valence electrons. The van der Waals surface area contributed by atoms with Crippen LogP contribution in [0.2, 0.25) is 0 Å². The molecule has 2 N–H and O–H groups in total. The molecule has 6 nitrogen and oxygen atoms in total. The molecule has 2 amide bonds. The molecule has 6 heteroatoms. The SMILES string of the molecule is CCCC(=O)NCCCN1CCN(CCCCNC(=O)C2CCCCC2)CC1. The lowest BCUT2D eigenvalue weighted by molar-refractivity contribution is -0.126. The largest absolute Gasteiger partial charge is 0.356 e. The maximum Gasteiger partial charge on any atom is 0.223 e. The third kappa shape index (κ3) is 9.37. The summed E-state index contributed by atoms with van der Waals surface area (Å²) < 4.78 is 0. The van der Waals surface area contributed by atoms with Gasteiger partial charge in [-0.1, -0.05) is 26.2 Å². The lowest BCUT2D eigenvalue weighted by Crippen LogP contribution is -2.47.